The molecule has 1 aromatic rings. The van der Waals surface area contributed by atoms with Gasteiger partial charge >= 0.3 is 6.09 Å². The van der Waals surface area contributed by atoms with E-state index in [1.165, 1.54) is 0 Å². The van der Waals surface area contributed by atoms with E-state index in [2.05, 4.69) is 5.32 Å². The van der Waals surface area contributed by atoms with Crippen LogP contribution in [0.25, 0.3) is 0 Å². The van der Waals surface area contributed by atoms with Gasteiger partial charge in [0, 0.05) is 0 Å². The van der Waals surface area contributed by atoms with Gasteiger partial charge in [0.1, 0.15) is 12.6 Å². The highest BCUT2D eigenvalue weighted by Gasteiger charge is 2.22. The van der Waals surface area contributed by atoms with Crippen LogP contribution < -0.4 is 5.32 Å². The molecule has 1 unspecified atom stereocenters. The first-order valence-corrected chi connectivity index (χ1v) is 6.73. The third-order valence-corrected chi connectivity index (χ3v) is 2.74. The number of carbonyl (C=O) groups excluding carboxylic acids is 1. The van der Waals surface area contributed by atoms with Gasteiger partial charge in [0.15, 0.2) is 0 Å². The van der Waals surface area contributed by atoms with Gasteiger partial charge in [-0.3, -0.25) is 5.41 Å². The molecule has 110 valence electrons. The highest BCUT2D eigenvalue weighted by molar-refractivity contribution is 5.83. The van der Waals surface area contributed by atoms with Gasteiger partial charge in [-0.05, 0) is 18.4 Å². The minimum Gasteiger partial charge on any atom is -0.480 e. The number of ether oxygens (including phenoxy) is 2. The number of hydrogen-bond acceptors (Lipinski definition) is 4. The maximum absolute atomic E-state index is 11.8. The summed E-state index contributed by atoms with van der Waals surface area (Å²) in [6, 6.07) is 8.97. The van der Waals surface area contributed by atoms with Crippen LogP contribution >= 0.6 is 0 Å². The summed E-state index contributed by atoms with van der Waals surface area (Å²) in [6.07, 6.45) is -0.544. The molecule has 0 radical (unpaired) electrons. The molecule has 0 fully saturated rings. The molecule has 0 aliphatic rings. The first-order valence-electron chi connectivity index (χ1n) is 6.73. The maximum atomic E-state index is 11.8. The smallest absolute Gasteiger partial charge is 0.408 e. The number of alkyl carbamates (subject to hydrolysis) is 1. The quantitative estimate of drug-likeness (QED) is 0.620. The molecule has 0 spiro atoms. The van der Waals surface area contributed by atoms with E-state index in [0.717, 1.165) is 5.56 Å². The number of hydrogen-bond donors (Lipinski definition) is 2. The summed E-state index contributed by atoms with van der Waals surface area (Å²) in [4.78, 5) is 11.8. The number of amides is 1. The third-order valence-electron chi connectivity index (χ3n) is 2.74. The Labute approximate surface area is 119 Å². The van der Waals surface area contributed by atoms with E-state index in [1.54, 1.807) is 6.92 Å². The van der Waals surface area contributed by atoms with Crippen molar-refractivity contribution in [3.8, 4) is 0 Å². The molecule has 0 heterocycles. The van der Waals surface area contributed by atoms with Gasteiger partial charge in [0.25, 0.3) is 0 Å². The summed E-state index contributed by atoms with van der Waals surface area (Å²) >= 11 is 0. The fourth-order valence-electron chi connectivity index (χ4n) is 1.67. The zero-order chi connectivity index (χ0) is 15.0. The zero-order valence-electron chi connectivity index (χ0n) is 12.2. The van der Waals surface area contributed by atoms with Crippen molar-refractivity contribution in [1.29, 1.82) is 5.41 Å². The second-order valence-corrected chi connectivity index (χ2v) is 4.73. The van der Waals surface area contributed by atoms with E-state index in [-0.39, 0.29) is 18.4 Å². The second-order valence-electron chi connectivity index (χ2n) is 4.73. The summed E-state index contributed by atoms with van der Waals surface area (Å²) in [7, 11) is 0. The lowest BCUT2D eigenvalue weighted by molar-refractivity contribution is 0.134. The molecule has 0 saturated carbocycles. The molecule has 1 aromatic carbocycles. The van der Waals surface area contributed by atoms with E-state index in [9.17, 15) is 4.79 Å². The van der Waals surface area contributed by atoms with E-state index in [1.807, 2.05) is 44.2 Å². The SMILES string of the molecule is CCOC(=N)C(NC(=O)OCc1ccccc1)C(C)C. The molecule has 5 heteroatoms. The summed E-state index contributed by atoms with van der Waals surface area (Å²) in [5.41, 5.74) is 0.920. The van der Waals surface area contributed by atoms with Crippen molar-refractivity contribution in [1.82, 2.24) is 5.32 Å². The Morgan fingerprint density at radius 3 is 2.45 bits per heavy atom. The summed E-state index contributed by atoms with van der Waals surface area (Å²) < 4.78 is 10.3. The molecule has 1 rings (SSSR count). The topological polar surface area (TPSA) is 71.4 Å². The van der Waals surface area contributed by atoms with Crippen molar-refractivity contribution >= 4 is 12.0 Å². The normalized spacial score (nSPS) is 11.8. The van der Waals surface area contributed by atoms with E-state index in [4.69, 9.17) is 14.9 Å². The van der Waals surface area contributed by atoms with Crippen LogP contribution in [-0.2, 0) is 16.1 Å². The molecule has 1 atom stereocenters. The average molecular weight is 278 g/mol. The van der Waals surface area contributed by atoms with Crippen LogP contribution in [0.15, 0.2) is 30.3 Å². The lowest BCUT2D eigenvalue weighted by atomic mass is 10.0. The molecule has 0 aliphatic heterocycles. The molecule has 2 N–H and O–H groups in total. The Bertz CT molecular complexity index is 432. The Morgan fingerprint density at radius 2 is 1.90 bits per heavy atom. The predicted molar refractivity (Wildman–Crippen MR) is 77.7 cm³/mol. The van der Waals surface area contributed by atoms with Gasteiger partial charge in [0.05, 0.1) is 6.61 Å². The fourth-order valence-corrected chi connectivity index (χ4v) is 1.67. The number of carbonyl (C=O) groups is 1. The molecular formula is C15H22N2O3. The van der Waals surface area contributed by atoms with Gasteiger partial charge in [-0.25, -0.2) is 4.79 Å². The largest absolute Gasteiger partial charge is 0.480 e. The minimum atomic E-state index is -0.544. The standard InChI is InChI=1S/C15H22N2O3/c1-4-19-14(16)13(11(2)3)17-15(18)20-10-12-8-6-5-7-9-12/h5-9,11,13,16H,4,10H2,1-3H3,(H,17,18). The third kappa shape index (κ3) is 5.30. The van der Waals surface area contributed by atoms with Gasteiger partial charge in [-0.1, -0.05) is 44.2 Å². The highest BCUT2D eigenvalue weighted by atomic mass is 16.5. The Morgan fingerprint density at radius 1 is 1.25 bits per heavy atom. The minimum absolute atomic E-state index is 0.0540. The van der Waals surface area contributed by atoms with Crippen LogP contribution in [0.1, 0.15) is 26.3 Å². The highest BCUT2D eigenvalue weighted by Crippen LogP contribution is 2.06. The van der Waals surface area contributed by atoms with Crippen molar-refractivity contribution in [3.63, 3.8) is 0 Å². The van der Waals surface area contributed by atoms with Crippen molar-refractivity contribution in [2.24, 2.45) is 5.92 Å². The van der Waals surface area contributed by atoms with Crippen LogP contribution in [-0.4, -0.2) is 24.6 Å². The van der Waals surface area contributed by atoms with Crippen molar-refractivity contribution < 1.29 is 14.3 Å². The molecular weight excluding hydrogens is 256 g/mol. The fraction of sp³-hybridized carbons (Fsp3) is 0.467. The van der Waals surface area contributed by atoms with E-state index >= 15 is 0 Å². The molecule has 20 heavy (non-hydrogen) atoms. The van der Waals surface area contributed by atoms with Crippen LogP contribution in [0, 0.1) is 11.3 Å². The van der Waals surface area contributed by atoms with Gasteiger partial charge < -0.3 is 14.8 Å². The van der Waals surface area contributed by atoms with Crippen LogP contribution in [0.5, 0.6) is 0 Å². The predicted octanol–water partition coefficient (Wildman–Crippen LogP) is 2.95. The Hall–Kier alpha value is -2.04. The zero-order valence-corrected chi connectivity index (χ0v) is 12.2. The van der Waals surface area contributed by atoms with Crippen LogP contribution in [0.3, 0.4) is 0 Å². The number of nitrogens with one attached hydrogen (secondary N) is 2. The molecule has 1 amide bonds. The first kappa shape index (κ1) is 16.0. The Kier molecular flexibility index (Phi) is 6.56. The van der Waals surface area contributed by atoms with Gasteiger partial charge in [-0.15, -0.1) is 0 Å². The lowest BCUT2D eigenvalue weighted by Crippen LogP contribution is -2.45. The monoisotopic (exact) mass is 278 g/mol. The molecule has 5 nitrogen and oxygen atoms in total. The van der Waals surface area contributed by atoms with Crippen molar-refractivity contribution in [2.45, 2.75) is 33.4 Å². The number of rotatable bonds is 6. The molecule has 0 saturated heterocycles. The lowest BCUT2D eigenvalue weighted by Gasteiger charge is -2.22. The summed E-state index contributed by atoms with van der Waals surface area (Å²) in [5, 5.41) is 10.4. The summed E-state index contributed by atoms with van der Waals surface area (Å²) in [5.74, 6) is 0.109. The van der Waals surface area contributed by atoms with Crippen molar-refractivity contribution in [2.75, 3.05) is 6.61 Å². The van der Waals surface area contributed by atoms with Gasteiger partial charge in [0.2, 0.25) is 5.90 Å². The van der Waals surface area contributed by atoms with Crippen LogP contribution in [0.4, 0.5) is 4.79 Å². The van der Waals surface area contributed by atoms with Crippen molar-refractivity contribution in [3.05, 3.63) is 35.9 Å². The first-order chi connectivity index (χ1) is 9.54. The average Bonchev–Trinajstić information content (AvgIpc) is 2.43. The summed E-state index contributed by atoms with van der Waals surface area (Å²) in [6.45, 7) is 6.24. The molecule has 0 aliphatic carbocycles. The molecule has 0 bridgehead atoms. The van der Waals surface area contributed by atoms with E-state index in [0.29, 0.717) is 6.61 Å². The maximum Gasteiger partial charge on any atom is 0.408 e. The second kappa shape index (κ2) is 8.19. The number of benzene rings is 1. The Balaban J connectivity index is 2.48. The van der Waals surface area contributed by atoms with Crippen LogP contribution in [0.2, 0.25) is 0 Å². The van der Waals surface area contributed by atoms with E-state index < -0.39 is 12.1 Å². The molecule has 0 aromatic heterocycles. The van der Waals surface area contributed by atoms with Gasteiger partial charge in [-0.2, -0.15) is 0 Å².